The van der Waals surface area contributed by atoms with Gasteiger partial charge in [0.1, 0.15) is 0 Å². The fraction of sp³-hybridized carbons (Fsp3) is 0. The number of para-hydroxylation sites is 2. The van der Waals surface area contributed by atoms with E-state index in [0.29, 0.717) is 17.6 Å². The molecule has 6 nitrogen and oxygen atoms in total. The summed E-state index contributed by atoms with van der Waals surface area (Å²) in [5.74, 6) is 1.81. The van der Waals surface area contributed by atoms with E-state index in [1.54, 1.807) is 0 Å². The molecule has 10 aromatic rings. The first kappa shape index (κ1) is 30.8. The van der Waals surface area contributed by atoms with Gasteiger partial charge in [-0.25, -0.2) is 4.98 Å². The molecule has 0 atom stereocenters. The van der Waals surface area contributed by atoms with E-state index < -0.39 is 0 Å². The van der Waals surface area contributed by atoms with Crippen molar-refractivity contribution >= 4 is 43.6 Å². The van der Waals surface area contributed by atoms with E-state index in [-0.39, 0.29) is 20.1 Å². The zero-order valence-electron chi connectivity index (χ0n) is 27.1. The van der Waals surface area contributed by atoms with E-state index in [9.17, 15) is 0 Å². The van der Waals surface area contributed by atoms with Gasteiger partial charge in [0.25, 0.3) is 0 Å². The van der Waals surface area contributed by atoms with E-state index in [1.807, 2.05) is 91.1 Å². The third-order valence-electron chi connectivity index (χ3n) is 9.34. The standard InChI is InChI=1S/C44H27N6.Ir/c1-3-14-29(15-4-1)42-46-43(30-16-5-2-6-17-30)48-44(47-42)50-39-24-10-8-21-34(39)36-27-35-33-20-7-9-23-38(33)49(40(35)28-41(36)50)32-19-13-18-31(26-32)37-22-11-12-25-45-37;/h1-17,19-28H;/q-1;. The number of hydrogen-bond donors (Lipinski definition) is 0. The van der Waals surface area contributed by atoms with Crippen LogP contribution in [0.2, 0.25) is 0 Å². The molecule has 7 heteroatoms. The molecular weight excluding hydrogens is 805 g/mol. The van der Waals surface area contributed by atoms with E-state index in [0.717, 1.165) is 60.9 Å². The van der Waals surface area contributed by atoms with Crippen molar-refractivity contribution in [1.82, 2.24) is 29.1 Å². The number of fused-ring (bicyclic) bond motifs is 6. The Labute approximate surface area is 307 Å². The van der Waals surface area contributed by atoms with Gasteiger partial charge in [0.05, 0.1) is 22.1 Å². The monoisotopic (exact) mass is 832 g/mol. The van der Waals surface area contributed by atoms with Crippen molar-refractivity contribution in [3.05, 3.63) is 170 Å². The molecule has 243 valence electrons. The van der Waals surface area contributed by atoms with Gasteiger partial charge in [0.15, 0.2) is 11.6 Å². The van der Waals surface area contributed by atoms with Gasteiger partial charge in [-0.15, -0.1) is 29.8 Å². The second-order valence-corrected chi connectivity index (χ2v) is 12.3. The van der Waals surface area contributed by atoms with Gasteiger partial charge in [-0.05, 0) is 41.7 Å². The van der Waals surface area contributed by atoms with Crippen molar-refractivity contribution in [1.29, 1.82) is 0 Å². The van der Waals surface area contributed by atoms with Crippen molar-refractivity contribution in [2.24, 2.45) is 0 Å². The molecule has 0 aliphatic carbocycles. The van der Waals surface area contributed by atoms with Crippen LogP contribution in [0.5, 0.6) is 0 Å². The van der Waals surface area contributed by atoms with Crippen LogP contribution < -0.4 is 0 Å². The van der Waals surface area contributed by atoms with Crippen LogP contribution in [0.1, 0.15) is 0 Å². The number of rotatable bonds is 5. The summed E-state index contributed by atoms with van der Waals surface area (Å²) in [6, 6.07) is 57.5. The SMILES string of the molecule is [Ir].[c-]1ccc(-n2c3ccccc3c3cc4c5ccccc5n(-c5nc(-c6ccccc6)nc(-c6ccccc6)n5)c4cc32)cc1-c1ccccn1. The molecular formula is C44H27IrN6-. The van der Waals surface area contributed by atoms with Crippen LogP contribution in [-0.4, -0.2) is 29.1 Å². The van der Waals surface area contributed by atoms with Crippen molar-refractivity contribution < 1.29 is 20.1 Å². The Morgan fingerprint density at radius 2 is 1.02 bits per heavy atom. The molecule has 0 aliphatic rings. The van der Waals surface area contributed by atoms with Crippen LogP contribution in [-0.2, 0) is 20.1 Å². The Balaban J connectivity index is 0.00000348. The minimum Gasteiger partial charge on any atom is -0.327 e. The Bertz CT molecular complexity index is 2810. The summed E-state index contributed by atoms with van der Waals surface area (Å²) in [6.45, 7) is 0. The average Bonchev–Trinajstić information content (AvgIpc) is 3.70. The maximum Gasteiger partial charge on any atom is 0.238 e. The number of hydrogen-bond acceptors (Lipinski definition) is 4. The van der Waals surface area contributed by atoms with Gasteiger partial charge >= 0.3 is 0 Å². The Hall–Kier alpha value is -6.27. The van der Waals surface area contributed by atoms with Gasteiger partial charge < -0.3 is 9.55 Å². The minimum atomic E-state index is 0. The third-order valence-corrected chi connectivity index (χ3v) is 9.34. The van der Waals surface area contributed by atoms with Crippen LogP contribution in [0.15, 0.2) is 164 Å². The van der Waals surface area contributed by atoms with Crippen LogP contribution >= 0.6 is 0 Å². The molecule has 0 unspecified atom stereocenters. The van der Waals surface area contributed by atoms with Gasteiger partial charge in [-0.3, -0.25) is 4.57 Å². The van der Waals surface area contributed by atoms with Crippen molar-refractivity contribution in [2.75, 3.05) is 0 Å². The number of nitrogens with zero attached hydrogens (tertiary/aromatic N) is 6. The van der Waals surface area contributed by atoms with E-state index >= 15 is 0 Å². The smallest absolute Gasteiger partial charge is 0.238 e. The summed E-state index contributed by atoms with van der Waals surface area (Å²) in [7, 11) is 0. The largest absolute Gasteiger partial charge is 0.327 e. The van der Waals surface area contributed by atoms with Gasteiger partial charge in [0, 0.05) is 59.0 Å². The molecule has 1 radical (unpaired) electrons. The van der Waals surface area contributed by atoms with Crippen molar-refractivity contribution in [3.8, 4) is 45.7 Å². The second kappa shape index (κ2) is 12.6. The molecule has 0 fully saturated rings. The quantitative estimate of drug-likeness (QED) is 0.162. The number of aromatic nitrogens is 6. The maximum absolute atomic E-state index is 5.14. The van der Waals surface area contributed by atoms with E-state index in [4.69, 9.17) is 15.0 Å². The summed E-state index contributed by atoms with van der Waals surface area (Å²) in [5, 5.41) is 4.63. The molecule has 0 N–H and O–H groups in total. The molecule has 0 amide bonds. The summed E-state index contributed by atoms with van der Waals surface area (Å²) >= 11 is 0. The van der Waals surface area contributed by atoms with Crippen LogP contribution in [0.4, 0.5) is 0 Å². The molecule has 0 saturated heterocycles. The molecule has 6 aromatic carbocycles. The first-order chi connectivity index (χ1) is 24.8. The first-order valence-corrected chi connectivity index (χ1v) is 16.6. The summed E-state index contributed by atoms with van der Waals surface area (Å²) in [5.41, 5.74) is 8.98. The van der Waals surface area contributed by atoms with Gasteiger partial charge in [-0.1, -0.05) is 109 Å². The molecule has 0 spiro atoms. The van der Waals surface area contributed by atoms with Gasteiger partial charge in [-0.2, -0.15) is 9.97 Å². The number of benzene rings is 6. The van der Waals surface area contributed by atoms with E-state index in [2.05, 4.69) is 93.0 Å². The Morgan fingerprint density at radius 3 is 1.65 bits per heavy atom. The average molecular weight is 832 g/mol. The second-order valence-electron chi connectivity index (χ2n) is 12.3. The summed E-state index contributed by atoms with van der Waals surface area (Å²) in [4.78, 5) is 19.9. The van der Waals surface area contributed by atoms with Crippen LogP contribution in [0, 0.1) is 6.07 Å². The Morgan fingerprint density at radius 1 is 0.451 bits per heavy atom. The fourth-order valence-electron chi connectivity index (χ4n) is 7.09. The Kier molecular flexibility index (Phi) is 7.58. The van der Waals surface area contributed by atoms with Gasteiger partial charge in [0.2, 0.25) is 5.95 Å². The molecule has 4 aromatic heterocycles. The molecule has 0 aliphatic heterocycles. The molecule has 0 saturated carbocycles. The third kappa shape index (κ3) is 5.14. The first-order valence-electron chi connectivity index (χ1n) is 16.6. The maximum atomic E-state index is 5.14. The molecule has 0 bridgehead atoms. The topological polar surface area (TPSA) is 61.4 Å². The van der Waals surface area contributed by atoms with Crippen LogP contribution in [0.3, 0.4) is 0 Å². The zero-order chi connectivity index (χ0) is 33.0. The zero-order valence-corrected chi connectivity index (χ0v) is 29.5. The summed E-state index contributed by atoms with van der Waals surface area (Å²) in [6.07, 6.45) is 1.82. The molecule has 10 rings (SSSR count). The van der Waals surface area contributed by atoms with Crippen LogP contribution in [0.25, 0.3) is 89.3 Å². The predicted molar refractivity (Wildman–Crippen MR) is 201 cm³/mol. The normalized spacial score (nSPS) is 11.4. The minimum absolute atomic E-state index is 0. The predicted octanol–water partition coefficient (Wildman–Crippen LogP) is 10.3. The molecule has 51 heavy (non-hydrogen) atoms. The van der Waals surface area contributed by atoms with Crippen molar-refractivity contribution in [2.45, 2.75) is 0 Å². The van der Waals surface area contributed by atoms with Crippen molar-refractivity contribution in [3.63, 3.8) is 0 Å². The fourth-order valence-corrected chi connectivity index (χ4v) is 7.09. The summed E-state index contributed by atoms with van der Waals surface area (Å²) < 4.78 is 4.52. The number of pyridine rings is 1. The molecule has 4 heterocycles. The van der Waals surface area contributed by atoms with E-state index in [1.165, 1.54) is 10.8 Å².